The summed E-state index contributed by atoms with van der Waals surface area (Å²) in [5, 5.41) is 22.6. The van der Waals surface area contributed by atoms with Gasteiger partial charge in [0.15, 0.2) is 6.29 Å². The highest BCUT2D eigenvalue weighted by atomic mass is 16.7. The summed E-state index contributed by atoms with van der Waals surface area (Å²) in [5.41, 5.74) is 0. The third kappa shape index (κ3) is 5.94. The molecular formula is C16H29NO7. The van der Waals surface area contributed by atoms with Crippen LogP contribution in [-0.2, 0) is 23.7 Å². The third-order valence-electron chi connectivity index (χ3n) is 4.45. The molecule has 0 bridgehead atoms. The van der Waals surface area contributed by atoms with Crippen LogP contribution in [0.2, 0.25) is 0 Å². The molecular weight excluding hydrogens is 318 g/mol. The summed E-state index contributed by atoms with van der Waals surface area (Å²) in [6, 6.07) is 0. The highest BCUT2D eigenvalue weighted by molar-refractivity contribution is 5.75. The van der Waals surface area contributed by atoms with Gasteiger partial charge in [0.05, 0.1) is 45.1 Å². The van der Waals surface area contributed by atoms with Gasteiger partial charge < -0.3 is 34.5 Å². The van der Waals surface area contributed by atoms with E-state index in [-0.39, 0.29) is 24.4 Å². The van der Waals surface area contributed by atoms with E-state index in [9.17, 15) is 15.0 Å². The molecule has 0 spiro atoms. The van der Waals surface area contributed by atoms with Gasteiger partial charge in [0.1, 0.15) is 6.10 Å². The van der Waals surface area contributed by atoms with Crippen molar-refractivity contribution < 1.29 is 34.0 Å². The first kappa shape index (κ1) is 19.6. The molecule has 1 aliphatic heterocycles. The number of aliphatic hydroxyl groups is 2. The molecule has 2 aliphatic rings. The highest BCUT2D eigenvalue weighted by Crippen LogP contribution is 2.38. The molecule has 8 heteroatoms. The van der Waals surface area contributed by atoms with Crippen molar-refractivity contribution in [1.82, 2.24) is 5.32 Å². The van der Waals surface area contributed by atoms with Gasteiger partial charge in [-0.05, 0) is 25.8 Å². The van der Waals surface area contributed by atoms with E-state index in [1.54, 1.807) is 6.92 Å². The van der Waals surface area contributed by atoms with E-state index in [1.807, 2.05) is 0 Å². The van der Waals surface area contributed by atoms with Crippen LogP contribution in [0.4, 0.5) is 0 Å². The molecule has 2 fully saturated rings. The maximum atomic E-state index is 11.3. The van der Waals surface area contributed by atoms with Gasteiger partial charge in [0.25, 0.3) is 0 Å². The van der Waals surface area contributed by atoms with Gasteiger partial charge in [-0.1, -0.05) is 0 Å². The molecule has 0 aromatic carbocycles. The summed E-state index contributed by atoms with van der Waals surface area (Å²) < 4.78 is 21.0. The number of esters is 1. The summed E-state index contributed by atoms with van der Waals surface area (Å²) in [5.74, 6) is 0.312. The van der Waals surface area contributed by atoms with Crippen molar-refractivity contribution in [1.29, 1.82) is 0 Å². The fourth-order valence-electron chi connectivity index (χ4n) is 2.76. The van der Waals surface area contributed by atoms with Gasteiger partial charge in [0.2, 0.25) is 0 Å². The van der Waals surface area contributed by atoms with E-state index < -0.39 is 18.5 Å². The van der Waals surface area contributed by atoms with Gasteiger partial charge in [0, 0.05) is 13.0 Å². The zero-order valence-electron chi connectivity index (χ0n) is 14.3. The molecule has 8 nitrogen and oxygen atoms in total. The van der Waals surface area contributed by atoms with Gasteiger partial charge in [-0.15, -0.1) is 0 Å². The number of hydrogen-bond acceptors (Lipinski definition) is 8. The topological polar surface area (TPSA) is 106 Å². The van der Waals surface area contributed by atoms with E-state index in [2.05, 4.69) is 5.32 Å². The normalized spacial score (nSPS) is 35.7. The lowest BCUT2D eigenvalue weighted by Crippen LogP contribution is -2.47. The summed E-state index contributed by atoms with van der Waals surface area (Å²) in [6.45, 7) is 4.51. The number of nitrogens with one attached hydrogen (secondary N) is 1. The SMILES string of the molecule is COC(=O)[C@H]1CC1CNCCOCCO[C@@H]1O[C@@H](C)[C@H](O)CC1O. The number of carbonyl (C=O) groups excluding carboxylic acids is 1. The van der Waals surface area contributed by atoms with Crippen LogP contribution in [0, 0.1) is 11.8 Å². The second-order valence-corrected chi connectivity index (χ2v) is 6.39. The molecule has 0 aromatic rings. The van der Waals surface area contributed by atoms with Crippen molar-refractivity contribution in [2.75, 3.05) is 40.0 Å². The number of carbonyl (C=O) groups is 1. The van der Waals surface area contributed by atoms with Crippen LogP contribution in [0.3, 0.4) is 0 Å². The number of ether oxygens (including phenoxy) is 4. The first-order chi connectivity index (χ1) is 11.5. The lowest BCUT2D eigenvalue weighted by atomic mass is 10.0. The zero-order chi connectivity index (χ0) is 17.5. The molecule has 0 amide bonds. The Hall–Kier alpha value is -0.770. The predicted molar refractivity (Wildman–Crippen MR) is 84.2 cm³/mol. The van der Waals surface area contributed by atoms with E-state index in [0.29, 0.717) is 32.3 Å². The maximum Gasteiger partial charge on any atom is 0.308 e. The molecule has 2 rings (SSSR count). The molecule has 3 N–H and O–H groups in total. The molecule has 24 heavy (non-hydrogen) atoms. The highest BCUT2D eigenvalue weighted by Gasteiger charge is 2.43. The summed E-state index contributed by atoms with van der Waals surface area (Å²) in [7, 11) is 1.42. The minimum absolute atomic E-state index is 0.0552. The van der Waals surface area contributed by atoms with Crippen LogP contribution < -0.4 is 5.32 Å². The standard InChI is InChI=1S/C16H29NO7/c1-10-13(18)8-14(19)16(24-10)23-6-5-22-4-3-17-9-11-7-12(11)15(20)21-2/h10-14,16-19H,3-9H2,1-2H3/t10-,11?,12-,13+,14?,16+/m0/s1. The number of rotatable bonds is 10. The van der Waals surface area contributed by atoms with Crippen LogP contribution in [0.15, 0.2) is 0 Å². The van der Waals surface area contributed by atoms with Crippen LogP contribution >= 0.6 is 0 Å². The van der Waals surface area contributed by atoms with Crippen molar-refractivity contribution in [3.8, 4) is 0 Å². The van der Waals surface area contributed by atoms with Crippen LogP contribution in [0.1, 0.15) is 19.8 Å². The van der Waals surface area contributed by atoms with Gasteiger partial charge in [-0.2, -0.15) is 0 Å². The number of aliphatic hydroxyl groups excluding tert-OH is 2. The third-order valence-corrected chi connectivity index (χ3v) is 4.45. The minimum atomic E-state index is -0.820. The Balaban J connectivity index is 1.41. The quantitative estimate of drug-likeness (QED) is 0.351. The fourth-order valence-corrected chi connectivity index (χ4v) is 2.76. The second kappa shape index (κ2) is 9.65. The molecule has 0 radical (unpaired) electrons. The van der Waals surface area contributed by atoms with Gasteiger partial charge in [-0.25, -0.2) is 0 Å². The summed E-state index contributed by atoms with van der Waals surface area (Å²) in [4.78, 5) is 11.3. The molecule has 1 saturated carbocycles. The number of hydrogen-bond donors (Lipinski definition) is 3. The van der Waals surface area contributed by atoms with E-state index in [1.165, 1.54) is 7.11 Å². The van der Waals surface area contributed by atoms with E-state index in [0.717, 1.165) is 13.0 Å². The Labute approximate surface area is 142 Å². The van der Waals surface area contributed by atoms with Gasteiger partial charge in [-0.3, -0.25) is 4.79 Å². The molecule has 2 unspecified atom stereocenters. The first-order valence-corrected chi connectivity index (χ1v) is 8.52. The fraction of sp³-hybridized carbons (Fsp3) is 0.938. The van der Waals surface area contributed by atoms with Crippen molar-refractivity contribution >= 4 is 5.97 Å². The van der Waals surface area contributed by atoms with E-state index in [4.69, 9.17) is 18.9 Å². The van der Waals surface area contributed by atoms with Crippen LogP contribution in [0.25, 0.3) is 0 Å². The second-order valence-electron chi connectivity index (χ2n) is 6.39. The first-order valence-electron chi connectivity index (χ1n) is 8.52. The van der Waals surface area contributed by atoms with Crippen LogP contribution in [0.5, 0.6) is 0 Å². The molecule has 140 valence electrons. The smallest absolute Gasteiger partial charge is 0.308 e. The van der Waals surface area contributed by atoms with Crippen LogP contribution in [-0.4, -0.2) is 80.8 Å². The number of methoxy groups -OCH3 is 1. The minimum Gasteiger partial charge on any atom is -0.469 e. The zero-order valence-corrected chi connectivity index (χ0v) is 14.3. The Morgan fingerprint density at radius 2 is 2.00 bits per heavy atom. The molecule has 6 atom stereocenters. The monoisotopic (exact) mass is 347 g/mol. The predicted octanol–water partition coefficient (Wildman–Crippen LogP) is -0.725. The lowest BCUT2D eigenvalue weighted by molar-refractivity contribution is -0.263. The Kier molecular flexibility index (Phi) is 7.86. The maximum absolute atomic E-state index is 11.3. The molecule has 0 aromatic heterocycles. The van der Waals surface area contributed by atoms with Crippen molar-refractivity contribution in [2.45, 2.75) is 44.4 Å². The molecule has 1 saturated heterocycles. The summed E-state index contributed by atoms with van der Waals surface area (Å²) in [6.07, 6.45) is -1.39. The largest absolute Gasteiger partial charge is 0.469 e. The van der Waals surface area contributed by atoms with Crippen molar-refractivity contribution in [3.05, 3.63) is 0 Å². The van der Waals surface area contributed by atoms with Crippen molar-refractivity contribution in [3.63, 3.8) is 0 Å². The average Bonchev–Trinajstić information content (AvgIpc) is 3.33. The Morgan fingerprint density at radius 1 is 1.21 bits per heavy atom. The Bertz CT molecular complexity index is 395. The molecule has 1 heterocycles. The van der Waals surface area contributed by atoms with E-state index >= 15 is 0 Å². The summed E-state index contributed by atoms with van der Waals surface area (Å²) >= 11 is 0. The average molecular weight is 347 g/mol. The van der Waals surface area contributed by atoms with Crippen molar-refractivity contribution in [2.24, 2.45) is 11.8 Å². The molecule has 1 aliphatic carbocycles. The Morgan fingerprint density at radius 3 is 2.75 bits per heavy atom. The lowest BCUT2D eigenvalue weighted by Gasteiger charge is -2.35. The van der Waals surface area contributed by atoms with Gasteiger partial charge >= 0.3 is 5.97 Å².